The average molecular weight is 422 g/mol. The molecule has 164 valence electrons. The lowest BCUT2D eigenvalue weighted by atomic mass is 9.85. The van der Waals surface area contributed by atoms with Gasteiger partial charge in [0.15, 0.2) is 5.78 Å². The van der Waals surface area contributed by atoms with E-state index in [-0.39, 0.29) is 42.1 Å². The average Bonchev–Trinajstić information content (AvgIpc) is 3.01. The highest BCUT2D eigenvalue weighted by Crippen LogP contribution is 2.40. The summed E-state index contributed by atoms with van der Waals surface area (Å²) in [6, 6.07) is 17.3. The Bertz CT molecular complexity index is 903. The van der Waals surface area contributed by atoms with Gasteiger partial charge >= 0.3 is 6.09 Å². The van der Waals surface area contributed by atoms with E-state index in [1.54, 1.807) is 0 Å². The van der Waals surface area contributed by atoms with Crippen molar-refractivity contribution in [3.05, 3.63) is 65.7 Å². The second-order valence-corrected chi connectivity index (χ2v) is 9.60. The number of carbonyl (C=O) groups excluding carboxylic acids is 2. The minimum atomic E-state index is -0.271. The van der Waals surface area contributed by atoms with Crippen LogP contribution < -0.4 is 4.74 Å². The van der Waals surface area contributed by atoms with Crippen LogP contribution in [0.1, 0.15) is 62.4 Å². The highest BCUT2D eigenvalue weighted by Gasteiger charge is 2.45. The first-order valence-electron chi connectivity index (χ1n) is 11.1. The van der Waals surface area contributed by atoms with E-state index in [0.29, 0.717) is 18.4 Å². The first-order chi connectivity index (χ1) is 14.8. The third kappa shape index (κ3) is 5.09. The Kier molecular flexibility index (Phi) is 6.03. The summed E-state index contributed by atoms with van der Waals surface area (Å²) in [5.74, 6) is 0.877. The fourth-order valence-electron chi connectivity index (χ4n) is 4.76. The number of rotatable bonds is 5. The van der Waals surface area contributed by atoms with Crippen molar-refractivity contribution >= 4 is 11.9 Å². The molecule has 4 rings (SSSR count). The Balaban J connectivity index is 1.36. The summed E-state index contributed by atoms with van der Waals surface area (Å²) in [7, 11) is 0. The minimum absolute atomic E-state index is 0.0509. The van der Waals surface area contributed by atoms with E-state index in [1.807, 2.05) is 80.3 Å². The Hall–Kier alpha value is -2.82. The monoisotopic (exact) mass is 421 g/mol. The summed E-state index contributed by atoms with van der Waals surface area (Å²) in [4.78, 5) is 27.7. The van der Waals surface area contributed by atoms with Crippen LogP contribution in [0.3, 0.4) is 0 Å². The van der Waals surface area contributed by atoms with Crippen LogP contribution in [0, 0.1) is 5.92 Å². The normalized spacial score (nSPS) is 22.8. The number of piperidine rings is 1. The number of Topliss-reactive ketones (excluding diaryl/α,β-unsaturated/α-hetero) is 1. The van der Waals surface area contributed by atoms with Gasteiger partial charge in [0.25, 0.3) is 0 Å². The van der Waals surface area contributed by atoms with Gasteiger partial charge in [0.1, 0.15) is 18.0 Å². The summed E-state index contributed by atoms with van der Waals surface area (Å²) in [5, 5.41) is 0. The molecule has 2 fully saturated rings. The molecule has 0 N–H and O–H groups in total. The van der Waals surface area contributed by atoms with Crippen molar-refractivity contribution < 1.29 is 19.1 Å². The lowest BCUT2D eigenvalue weighted by molar-refractivity contribution is 0.0485. The van der Waals surface area contributed by atoms with Crippen molar-refractivity contribution in [1.82, 2.24) is 4.90 Å². The van der Waals surface area contributed by atoms with Crippen LogP contribution in [0.5, 0.6) is 5.75 Å². The fraction of sp³-hybridized carbons (Fsp3) is 0.462. The molecule has 2 unspecified atom stereocenters. The maximum atomic E-state index is 13.1. The predicted octanol–water partition coefficient (Wildman–Crippen LogP) is 5.63. The number of benzene rings is 2. The van der Waals surface area contributed by atoms with Crippen LogP contribution in [0.4, 0.5) is 4.79 Å². The second kappa shape index (κ2) is 8.74. The molecule has 1 amide bonds. The predicted molar refractivity (Wildman–Crippen MR) is 119 cm³/mol. The van der Waals surface area contributed by atoms with Gasteiger partial charge in [0, 0.05) is 23.6 Å². The molecule has 0 radical (unpaired) electrons. The van der Waals surface area contributed by atoms with Gasteiger partial charge in [-0.3, -0.25) is 4.79 Å². The van der Waals surface area contributed by atoms with E-state index in [1.165, 1.54) is 0 Å². The molecule has 2 saturated heterocycles. The number of ether oxygens (including phenoxy) is 2. The third-order valence-electron chi connectivity index (χ3n) is 6.08. The van der Waals surface area contributed by atoms with Gasteiger partial charge < -0.3 is 14.4 Å². The quantitative estimate of drug-likeness (QED) is 0.588. The standard InChI is InChI=1S/C26H31NO4/c1-26(2,3)31-23-13-9-19(10-14-23)24(28)20-15-21-11-12-22(16-20)27(21)25(29)30-17-18-7-5-4-6-8-18/h4-10,13-14,20-22H,11-12,15-17H2,1-3H3. The SMILES string of the molecule is CC(C)(C)Oc1ccc(C(=O)C2CC3CCC(C2)N3C(=O)OCc2ccccc2)cc1. The van der Waals surface area contributed by atoms with Gasteiger partial charge in [-0.25, -0.2) is 4.79 Å². The minimum Gasteiger partial charge on any atom is -0.488 e. The van der Waals surface area contributed by atoms with E-state index in [4.69, 9.17) is 9.47 Å². The smallest absolute Gasteiger partial charge is 0.410 e. The molecule has 5 nitrogen and oxygen atoms in total. The lowest BCUT2D eigenvalue weighted by Crippen LogP contribution is -2.48. The molecule has 2 bridgehead atoms. The highest BCUT2D eigenvalue weighted by atomic mass is 16.6. The van der Waals surface area contributed by atoms with Crippen LogP contribution in [0.2, 0.25) is 0 Å². The topological polar surface area (TPSA) is 55.8 Å². The summed E-state index contributed by atoms with van der Waals surface area (Å²) < 4.78 is 11.4. The largest absolute Gasteiger partial charge is 0.488 e. The zero-order valence-electron chi connectivity index (χ0n) is 18.5. The third-order valence-corrected chi connectivity index (χ3v) is 6.08. The number of carbonyl (C=O) groups is 2. The van der Waals surface area contributed by atoms with Crippen LogP contribution >= 0.6 is 0 Å². The molecule has 2 atom stereocenters. The van der Waals surface area contributed by atoms with Gasteiger partial charge in [-0.2, -0.15) is 0 Å². The first-order valence-corrected chi connectivity index (χ1v) is 11.1. The van der Waals surface area contributed by atoms with Gasteiger partial charge in [0.2, 0.25) is 0 Å². The summed E-state index contributed by atoms with van der Waals surface area (Å²) >= 11 is 0. The molecule has 2 aliphatic rings. The van der Waals surface area contributed by atoms with Crippen molar-refractivity contribution in [1.29, 1.82) is 0 Å². The molecule has 2 heterocycles. The summed E-state index contributed by atoms with van der Waals surface area (Å²) in [6.45, 7) is 6.28. The van der Waals surface area contributed by atoms with Crippen molar-refractivity contribution in [2.45, 2.75) is 70.7 Å². The first kappa shape index (κ1) is 21.4. The number of fused-ring (bicyclic) bond motifs is 2. The second-order valence-electron chi connectivity index (χ2n) is 9.60. The highest BCUT2D eigenvalue weighted by molar-refractivity contribution is 5.98. The van der Waals surface area contributed by atoms with E-state index >= 15 is 0 Å². The molecule has 2 aromatic carbocycles. The van der Waals surface area contributed by atoms with Crippen molar-refractivity contribution in [2.24, 2.45) is 5.92 Å². The van der Waals surface area contributed by atoms with Crippen LogP contribution in [-0.2, 0) is 11.3 Å². The molecule has 2 aromatic rings. The van der Waals surface area contributed by atoms with Gasteiger partial charge in [0.05, 0.1) is 0 Å². The number of hydrogen-bond donors (Lipinski definition) is 0. The molecule has 0 saturated carbocycles. The van der Waals surface area contributed by atoms with Gasteiger partial charge in [-0.1, -0.05) is 30.3 Å². The number of nitrogens with zero attached hydrogens (tertiary/aromatic N) is 1. The fourth-order valence-corrected chi connectivity index (χ4v) is 4.76. The van der Waals surface area contributed by atoms with Crippen LogP contribution in [-0.4, -0.2) is 34.5 Å². The maximum Gasteiger partial charge on any atom is 0.410 e. The van der Waals surface area contributed by atoms with Crippen molar-refractivity contribution in [3.63, 3.8) is 0 Å². The molecule has 2 aliphatic heterocycles. The number of hydrogen-bond acceptors (Lipinski definition) is 4. The van der Waals surface area contributed by atoms with Gasteiger partial charge in [-0.05, 0) is 76.3 Å². The van der Waals surface area contributed by atoms with Crippen molar-refractivity contribution in [3.8, 4) is 5.75 Å². The Morgan fingerprint density at radius 1 is 0.935 bits per heavy atom. The van der Waals surface area contributed by atoms with E-state index in [9.17, 15) is 9.59 Å². The zero-order chi connectivity index (χ0) is 22.0. The summed E-state index contributed by atoms with van der Waals surface area (Å²) in [5.41, 5.74) is 1.42. The molecule has 31 heavy (non-hydrogen) atoms. The maximum absolute atomic E-state index is 13.1. The number of amides is 1. The van der Waals surface area contributed by atoms with Crippen molar-refractivity contribution in [2.75, 3.05) is 0 Å². The lowest BCUT2D eigenvalue weighted by Gasteiger charge is -2.37. The zero-order valence-corrected chi connectivity index (χ0v) is 18.5. The Morgan fingerprint density at radius 2 is 1.55 bits per heavy atom. The van der Waals surface area contributed by atoms with Crippen LogP contribution in [0.15, 0.2) is 54.6 Å². The molecule has 5 heteroatoms. The molecular formula is C26H31NO4. The van der Waals surface area contributed by atoms with Crippen LogP contribution in [0.25, 0.3) is 0 Å². The molecule has 0 aliphatic carbocycles. The molecule has 0 spiro atoms. The Labute approximate surface area is 184 Å². The summed E-state index contributed by atoms with van der Waals surface area (Å²) in [6.07, 6.45) is 3.03. The number of ketones is 1. The van der Waals surface area contributed by atoms with Gasteiger partial charge in [-0.15, -0.1) is 0 Å². The molecule has 0 aromatic heterocycles. The Morgan fingerprint density at radius 3 is 2.13 bits per heavy atom. The van der Waals surface area contributed by atoms with E-state index < -0.39 is 0 Å². The van der Waals surface area contributed by atoms with E-state index in [2.05, 4.69) is 0 Å². The molecular weight excluding hydrogens is 390 g/mol. The van der Waals surface area contributed by atoms with E-state index in [0.717, 1.165) is 24.2 Å².